The number of nitrogens with zero attached hydrogens (tertiary/aromatic N) is 1. The molecule has 0 spiro atoms. The number of aliphatic hydroxyl groups is 1. The van der Waals surface area contributed by atoms with Gasteiger partial charge in [-0.15, -0.1) is 0 Å². The first-order chi connectivity index (χ1) is 12.1. The van der Waals surface area contributed by atoms with Crippen molar-refractivity contribution in [2.75, 3.05) is 19.9 Å². The summed E-state index contributed by atoms with van der Waals surface area (Å²) in [6.07, 6.45) is 2.56. The zero-order valence-electron chi connectivity index (χ0n) is 14.7. The average molecular weight is 404 g/mol. The van der Waals surface area contributed by atoms with E-state index in [2.05, 4.69) is 76.3 Å². The Hall–Kier alpha value is -1.20. The normalized spacial score (nSPS) is 22.7. The summed E-state index contributed by atoms with van der Waals surface area (Å²) >= 11 is 3.50. The van der Waals surface area contributed by atoms with Crippen LogP contribution in [0.5, 0.6) is 0 Å². The van der Waals surface area contributed by atoms with E-state index in [1.807, 2.05) is 6.07 Å². The molecule has 0 radical (unpaired) electrons. The Morgan fingerprint density at radius 2 is 1.88 bits per heavy atom. The number of benzene rings is 2. The van der Waals surface area contributed by atoms with Crippen molar-refractivity contribution < 1.29 is 9.84 Å². The van der Waals surface area contributed by atoms with E-state index in [0.717, 1.165) is 30.3 Å². The largest absolute Gasteiger partial charge is 0.396 e. The van der Waals surface area contributed by atoms with E-state index < -0.39 is 0 Å². The predicted octanol–water partition coefficient (Wildman–Crippen LogP) is 4.86. The van der Waals surface area contributed by atoms with Gasteiger partial charge in [0.25, 0.3) is 0 Å². The Kier molecular flexibility index (Phi) is 6.29. The van der Waals surface area contributed by atoms with Crippen LogP contribution in [0.2, 0.25) is 0 Å². The topological polar surface area (TPSA) is 32.7 Å². The maximum Gasteiger partial charge on any atom is 0.101 e. The lowest BCUT2D eigenvalue weighted by Gasteiger charge is -2.44. The fourth-order valence-corrected chi connectivity index (χ4v) is 3.86. The molecular formula is C21H26BrNO2. The molecule has 2 aromatic carbocycles. The van der Waals surface area contributed by atoms with E-state index >= 15 is 0 Å². The van der Waals surface area contributed by atoms with Crippen molar-refractivity contribution in [2.24, 2.45) is 0 Å². The molecule has 1 aliphatic heterocycles. The van der Waals surface area contributed by atoms with Crippen molar-refractivity contribution in [1.82, 2.24) is 4.90 Å². The van der Waals surface area contributed by atoms with Crippen molar-refractivity contribution in [3.8, 4) is 0 Å². The molecule has 134 valence electrons. The molecule has 1 N–H and O–H groups in total. The highest BCUT2D eigenvalue weighted by Gasteiger charge is 2.38. The zero-order valence-corrected chi connectivity index (χ0v) is 16.3. The maximum atomic E-state index is 9.30. The minimum atomic E-state index is -0.278. The van der Waals surface area contributed by atoms with Gasteiger partial charge in [-0.3, -0.25) is 4.90 Å². The smallest absolute Gasteiger partial charge is 0.101 e. The monoisotopic (exact) mass is 403 g/mol. The highest BCUT2D eigenvalue weighted by atomic mass is 79.9. The number of hydrogen-bond donors (Lipinski definition) is 1. The lowest BCUT2D eigenvalue weighted by atomic mass is 9.84. The Morgan fingerprint density at radius 1 is 1.16 bits per heavy atom. The summed E-state index contributed by atoms with van der Waals surface area (Å²) in [5.41, 5.74) is 2.24. The molecule has 4 heteroatoms. The quantitative estimate of drug-likeness (QED) is 0.747. The summed E-state index contributed by atoms with van der Waals surface area (Å²) in [7, 11) is 0. The Bertz CT molecular complexity index is 651. The zero-order chi connectivity index (χ0) is 17.7. The fourth-order valence-electron chi connectivity index (χ4n) is 3.60. The average Bonchev–Trinajstić information content (AvgIpc) is 2.67. The third-order valence-electron chi connectivity index (χ3n) is 5.25. The minimum absolute atomic E-state index is 0.205. The molecule has 0 amide bonds. The first-order valence-corrected chi connectivity index (χ1v) is 9.74. The summed E-state index contributed by atoms with van der Waals surface area (Å²) in [5, 5.41) is 9.30. The summed E-state index contributed by atoms with van der Waals surface area (Å²) < 4.78 is 7.54. The van der Waals surface area contributed by atoms with Gasteiger partial charge in [0.1, 0.15) is 6.73 Å². The molecule has 25 heavy (non-hydrogen) atoms. The lowest BCUT2D eigenvalue weighted by Crippen LogP contribution is -2.45. The van der Waals surface area contributed by atoms with Gasteiger partial charge < -0.3 is 9.84 Å². The van der Waals surface area contributed by atoms with Crippen molar-refractivity contribution in [3.05, 3.63) is 70.2 Å². The van der Waals surface area contributed by atoms with Crippen molar-refractivity contribution >= 4 is 15.9 Å². The van der Waals surface area contributed by atoms with E-state index in [0.29, 0.717) is 12.8 Å². The first-order valence-electron chi connectivity index (χ1n) is 8.94. The van der Waals surface area contributed by atoms with Crippen molar-refractivity contribution in [2.45, 2.75) is 37.8 Å². The minimum Gasteiger partial charge on any atom is -0.396 e. The number of ether oxygens (including phenoxy) is 1. The van der Waals surface area contributed by atoms with Crippen LogP contribution in [0, 0.1) is 0 Å². The van der Waals surface area contributed by atoms with Gasteiger partial charge in [0, 0.05) is 23.7 Å². The molecule has 0 unspecified atom stereocenters. The number of rotatable bonds is 6. The van der Waals surface area contributed by atoms with Crippen LogP contribution in [0.4, 0.5) is 0 Å². The van der Waals surface area contributed by atoms with Crippen LogP contribution < -0.4 is 0 Å². The van der Waals surface area contributed by atoms with Gasteiger partial charge in [0.2, 0.25) is 0 Å². The summed E-state index contributed by atoms with van der Waals surface area (Å²) in [4.78, 5) is 2.38. The number of hydrogen-bond acceptors (Lipinski definition) is 3. The summed E-state index contributed by atoms with van der Waals surface area (Å²) in [5.74, 6) is 0. The van der Waals surface area contributed by atoms with E-state index in [-0.39, 0.29) is 12.2 Å². The Morgan fingerprint density at radius 3 is 2.48 bits per heavy atom. The molecule has 0 bridgehead atoms. The molecule has 3 nitrogen and oxygen atoms in total. The van der Waals surface area contributed by atoms with E-state index in [1.165, 1.54) is 11.1 Å². The second kappa shape index (κ2) is 8.45. The van der Waals surface area contributed by atoms with Gasteiger partial charge in [0.15, 0.2) is 0 Å². The highest BCUT2D eigenvalue weighted by molar-refractivity contribution is 9.10. The Labute approximate surface area is 158 Å². The van der Waals surface area contributed by atoms with Crippen LogP contribution in [0.15, 0.2) is 59.1 Å². The molecule has 3 rings (SSSR count). The maximum absolute atomic E-state index is 9.30. The van der Waals surface area contributed by atoms with Crippen LogP contribution in [-0.2, 0) is 10.3 Å². The second-order valence-corrected chi connectivity index (χ2v) is 7.67. The van der Waals surface area contributed by atoms with Gasteiger partial charge in [-0.05, 0) is 49.4 Å². The lowest BCUT2D eigenvalue weighted by molar-refractivity contribution is -0.159. The van der Waals surface area contributed by atoms with Gasteiger partial charge in [-0.25, -0.2) is 0 Å². The molecule has 0 aromatic heterocycles. The van der Waals surface area contributed by atoms with E-state index in [1.54, 1.807) is 0 Å². The highest BCUT2D eigenvalue weighted by Crippen LogP contribution is 2.39. The third-order valence-corrected chi connectivity index (χ3v) is 5.78. The number of aliphatic hydroxyl groups excluding tert-OH is 1. The van der Waals surface area contributed by atoms with Crippen LogP contribution in [0.3, 0.4) is 0 Å². The fraction of sp³-hybridized carbons (Fsp3) is 0.429. The van der Waals surface area contributed by atoms with Gasteiger partial charge in [-0.2, -0.15) is 0 Å². The number of halogens is 1. The van der Waals surface area contributed by atoms with E-state index in [4.69, 9.17) is 4.74 Å². The molecular weight excluding hydrogens is 378 g/mol. The second-order valence-electron chi connectivity index (χ2n) is 6.75. The molecule has 1 aliphatic rings. The third kappa shape index (κ3) is 4.32. The first kappa shape index (κ1) is 18.6. The van der Waals surface area contributed by atoms with Crippen LogP contribution in [-0.4, -0.2) is 29.9 Å². The van der Waals surface area contributed by atoms with Gasteiger partial charge >= 0.3 is 0 Å². The van der Waals surface area contributed by atoms with Crippen molar-refractivity contribution in [3.63, 3.8) is 0 Å². The van der Waals surface area contributed by atoms with Crippen LogP contribution >= 0.6 is 15.9 Å². The molecule has 0 aliphatic carbocycles. The molecule has 1 heterocycles. The predicted molar refractivity (Wildman–Crippen MR) is 104 cm³/mol. The Balaban J connectivity index is 1.72. The van der Waals surface area contributed by atoms with E-state index in [9.17, 15) is 5.11 Å². The van der Waals surface area contributed by atoms with Crippen LogP contribution in [0.25, 0.3) is 0 Å². The SMILES string of the molecule is C[C@@H](c1ccc(Br)cc1)N1CC[C@](CCCO)(c2ccccc2)OC1. The van der Waals surface area contributed by atoms with Gasteiger partial charge in [0.05, 0.1) is 5.60 Å². The standard InChI is InChI=1S/C21H26BrNO2/c1-17(18-8-10-20(22)11-9-18)23-14-13-21(25-16-23,12-5-15-24)19-6-3-2-4-7-19/h2-4,6-11,17,24H,5,12-16H2,1H3/t17-,21+/m0/s1. The summed E-state index contributed by atoms with van der Waals surface area (Å²) in [6.45, 7) is 4.03. The summed E-state index contributed by atoms with van der Waals surface area (Å²) in [6, 6.07) is 19.3. The molecule has 0 saturated carbocycles. The molecule has 1 saturated heterocycles. The molecule has 1 fully saturated rings. The molecule has 2 aromatic rings. The van der Waals surface area contributed by atoms with Gasteiger partial charge in [-0.1, -0.05) is 58.4 Å². The molecule has 2 atom stereocenters. The van der Waals surface area contributed by atoms with Crippen LogP contribution in [0.1, 0.15) is 43.4 Å². The van der Waals surface area contributed by atoms with Crippen molar-refractivity contribution in [1.29, 1.82) is 0 Å².